The largest absolute Gasteiger partial charge is 0.497 e. The summed E-state index contributed by atoms with van der Waals surface area (Å²) in [6.45, 7) is 2.30. The first-order valence-corrected chi connectivity index (χ1v) is 11.9. The Morgan fingerprint density at radius 3 is 2.30 bits per heavy atom. The predicted molar refractivity (Wildman–Crippen MR) is 128 cm³/mol. The van der Waals surface area contributed by atoms with Crippen LogP contribution in [0.4, 0.5) is 5.69 Å². The molecule has 3 rings (SSSR count). The minimum Gasteiger partial charge on any atom is -0.497 e. The van der Waals surface area contributed by atoms with Crippen LogP contribution < -0.4 is 14.4 Å². The number of anilines is 1. The molecule has 0 aliphatic carbocycles. The number of carbonyl (C=O) groups is 1. The maximum atomic E-state index is 13.7. The summed E-state index contributed by atoms with van der Waals surface area (Å²) in [5, 5.41) is 2.80. The fourth-order valence-electron chi connectivity index (χ4n) is 3.34. The molecule has 174 valence electrons. The lowest BCUT2D eigenvalue weighted by Gasteiger charge is -2.25. The second kappa shape index (κ2) is 11.0. The molecular weight excluding hydrogens is 440 g/mol. The van der Waals surface area contributed by atoms with Crippen LogP contribution in [0.15, 0.2) is 83.8 Å². The van der Waals surface area contributed by atoms with E-state index in [4.69, 9.17) is 9.47 Å². The average molecular weight is 469 g/mol. The first-order chi connectivity index (χ1) is 15.8. The van der Waals surface area contributed by atoms with Crippen molar-refractivity contribution in [2.45, 2.75) is 24.4 Å². The molecule has 1 amide bonds. The number of carbonyl (C=O) groups excluding carboxylic acids is 1. The highest BCUT2D eigenvalue weighted by Gasteiger charge is 2.26. The van der Waals surface area contributed by atoms with Gasteiger partial charge in [0.15, 0.2) is 0 Å². The van der Waals surface area contributed by atoms with Gasteiger partial charge in [0, 0.05) is 18.7 Å². The number of amides is 1. The van der Waals surface area contributed by atoms with Gasteiger partial charge in [0.1, 0.15) is 5.75 Å². The number of hydrogen-bond acceptors (Lipinski definition) is 5. The Labute approximate surface area is 195 Å². The Hall–Kier alpha value is -3.36. The SMILES string of the molecule is COCC(C)NC(=O)c1cccc(S(=O)(=O)N(Cc2ccccc2)c2ccc(OC)cc2)c1. The molecule has 1 atom stereocenters. The van der Waals surface area contributed by atoms with Gasteiger partial charge in [-0.2, -0.15) is 0 Å². The summed E-state index contributed by atoms with van der Waals surface area (Å²) in [7, 11) is -0.874. The van der Waals surface area contributed by atoms with Gasteiger partial charge in [0.05, 0.1) is 30.8 Å². The molecule has 0 aromatic heterocycles. The van der Waals surface area contributed by atoms with E-state index in [1.807, 2.05) is 37.3 Å². The Kier molecular flexibility index (Phi) is 8.08. The number of hydrogen-bond donors (Lipinski definition) is 1. The van der Waals surface area contributed by atoms with E-state index in [2.05, 4.69) is 5.32 Å². The smallest absolute Gasteiger partial charge is 0.264 e. The maximum Gasteiger partial charge on any atom is 0.264 e. The summed E-state index contributed by atoms with van der Waals surface area (Å²) >= 11 is 0. The fraction of sp³-hybridized carbons (Fsp3) is 0.240. The van der Waals surface area contributed by atoms with E-state index in [0.717, 1.165) is 5.56 Å². The van der Waals surface area contributed by atoms with E-state index in [1.165, 1.54) is 16.4 Å². The van der Waals surface area contributed by atoms with Crippen LogP contribution >= 0.6 is 0 Å². The van der Waals surface area contributed by atoms with Crippen LogP contribution in [0.5, 0.6) is 5.75 Å². The molecule has 33 heavy (non-hydrogen) atoms. The lowest BCUT2D eigenvalue weighted by molar-refractivity contribution is 0.0905. The van der Waals surface area contributed by atoms with Gasteiger partial charge >= 0.3 is 0 Å². The van der Waals surface area contributed by atoms with Crippen molar-refractivity contribution in [1.82, 2.24) is 5.32 Å². The summed E-state index contributed by atoms with van der Waals surface area (Å²) in [5.74, 6) is 0.260. The molecule has 0 aliphatic rings. The molecule has 0 spiro atoms. The van der Waals surface area contributed by atoms with E-state index in [-0.39, 0.29) is 29.0 Å². The molecule has 0 radical (unpaired) electrons. The van der Waals surface area contributed by atoms with Crippen LogP contribution in [0, 0.1) is 0 Å². The number of methoxy groups -OCH3 is 2. The maximum absolute atomic E-state index is 13.7. The molecule has 0 fully saturated rings. The lowest BCUT2D eigenvalue weighted by atomic mass is 10.2. The van der Waals surface area contributed by atoms with Crippen LogP contribution in [-0.4, -0.2) is 41.2 Å². The average Bonchev–Trinajstić information content (AvgIpc) is 2.83. The van der Waals surface area contributed by atoms with Crippen molar-refractivity contribution < 1.29 is 22.7 Å². The first-order valence-electron chi connectivity index (χ1n) is 10.5. The highest BCUT2D eigenvalue weighted by molar-refractivity contribution is 7.92. The zero-order valence-corrected chi connectivity index (χ0v) is 19.7. The molecule has 1 N–H and O–H groups in total. The van der Waals surface area contributed by atoms with Crippen molar-refractivity contribution in [3.63, 3.8) is 0 Å². The van der Waals surface area contributed by atoms with Crippen LogP contribution in [0.1, 0.15) is 22.8 Å². The van der Waals surface area contributed by atoms with Gasteiger partial charge in [-0.3, -0.25) is 9.10 Å². The van der Waals surface area contributed by atoms with Crippen LogP contribution in [0.2, 0.25) is 0 Å². The number of nitrogens with one attached hydrogen (secondary N) is 1. The Morgan fingerprint density at radius 1 is 0.970 bits per heavy atom. The summed E-state index contributed by atoms with van der Waals surface area (Å²) in [4.78, 5) is 12.7. The Bertz CT molecular complexity index is 1160. The monoisotopic (exact) mass is 468 g/mol. The minimum absolute atomic E-state index is 0.0290. The molecule has 0 aliphatic heterocycles. The standard InChI is InChI=1S/C25H28N2O5S/c1-19(18-31-2)26-25(28)21-10-7-11-24(16-21)33(29,30)27(17-20-8-5-4-6-9-20)22-12-14-23(32-3)15-13-22/h4-16,19H,17-18H2,1-3H3,(H,26,28). The van der Waals surface area contributed by atoms with Crippen molar-refractivity contribution in [2.75, 3.05) is 25.1 Å². The van der Waals surface area contributed by atoms with Crippen molar-refractivity contribution in [1.29, 1.82) is 0 Å². The highest BCUT2D eigenvalue weighted by Crippen LogP contribution is 2.28. The Morgan fingerprint density at radius 2 is 1.67 bits per heavy atom. The predicted octanol–water partition coefficient (Wildman–Crippen LogP) is 3.86. The number of sulfonamides is 1. The third kappa shape index (κ3) is 6.12. The summed E-state index contributed by atoms with van der Waals surface area (Å²) in [6, 6.07) is 22.0. The molecule has 3 aromatic carbocycles. The highest BCUT2D eigenvalue weighted by atomic mass is 32.2. The van der Waals surface area contributed by atoms with Crippen LogP contribution in [0.3, 0.4) is 0 Å². The molecule has 3 aromatic rings. The third-order valence-corrected chi connectivity index (χ3v) is 6.78. The van der Waals surface area contributed by atoms with Gasteiger partial charge in [-0.05, 0) is 55.0 Å². The minimum atomic E-state index is -3.98. The van der Waals surface area contributed by atoms with Crippen LogP contribution in [-0.2, 0) is 21.3 Å². The molecule has 8 heteroatoms. The van der Waals surface area contributed by atoms with Crippen molar-refractivity contribution in [2.24, 2.45) is 0 Å². The second-order valence-corrected chi connectivity index (χ2v) is 9.42. The van der Waals surface area contributed by atoms with Gasteiger partial charge < -0.3 is 14.8 Å². The lowest BCUT2D eigenvalue weighted by Crippen LogP contribution is -2.36. The van der Waals surface area contributed by atoms with E-state index in [1.54, 1.807) is 50.6 Å². The molecule has 0 saturated carbocycles. The van der Waals surface area contributed by atoms with Crippen molar-refractivity contribution in [3.05, 3.63) is 90.0 Å². The summed E-state index contributed by atoms with van der Waals surface area (Å²) in [5.41, 5.74) is 1.58. The molecular formula is C25H28N2O5S. The Balaban J connectivity index is 1.98. The summed E-state index contributed by atoms with van der Waals surface area (Å²) in [6.07, 6.45) is 0. The molecule has 0 bridgehead atoms. The zero-order chi connectivity index (χ0) is 23.8. The number of nitrogens with zero attached hydrogens (tertiary/aromatic N) is 1. The molecule has 7 nitrogen and oxygen atoms in total. The molecule has 1 unspecified atom stereocenters. The van der Waals surface area contributed by atoms with Gasteiger partial charge in [0.25, 0.3) is 15.9 Å². The van der Waals surface area contributed by atoms with Gasteiger partial charge in [0.2, 0.25) is 0 Å². The zero-order valence-electron chi connectivity index (χ0n) is 18.9. The number of ether oxygens (including phenoxy) is 2. The van der Waals surface area contributed by atoms with Gasteiger partial charge in [-0.15, -0.1) is 0 Å². The topological polar surface area (TPSA) is 84.9 Å². The van der Waals surface area contributed by atoms with E-state index < -0.39 is 10.0 Å². The van der Waals surface area contributed by atoms with E-state index >= 15 is 0 Å². The van der Waals surface area contributed by atoms with Gasteiger partial charge in [-0.25, -0.2) is 8.42 Å². The molecule has 0 saturated heterocycles. The van der Waals surface area contributed by atoms with Crippen molar-refractivity contribution >= 4 is 21.6 Å². The van der Waals surface area contributed by atoms with E-state index in [9.17, 15) is 13.2 Å². The summed E-state index contributed by atoms with van der Waals surface area (Å²) < 4.78 is 39.0. The van der Waals surface area contributed by atoms with Crippen molar-refractivity contribution in [3.8, 4) is 5.75 Å². The first kappa shape index (κ1) is 24.3. The second-order valence-electron chi connectivity index (χ2n) is 7.55. The third-order valence-electron chi connectivity index (χ3n) is 5.01. The normalized spacial score (nSPS) is 12.1. The van der Waals surface area contributed by atoms with Gasteiger partial charge in [-0.1, -0.05) is 36.4 Å². The van der Waals surface area contributed by atoms with E-state index in [0.29, 0.717) is 18.0 Å². The number of benzene rings is 3. The molecule has 0 heterocycles. The number of rotatable bonds is 10. The fourth-order valence-corrected chi connectivity index (χ4v) is 4.84. The quantitative estimate of drug-likeness (QED) is 0.489. The van der Waals surface area contributed by atoms with Crippen LogP contribution in [0.25, 0.3) is 0 Å².